The van der Waals surface area contributed by atoms with Gasteiger partial charge in [0.1, 0.15) is 0 Å². The summed E-state index contributed by atoms with van der Waals surface area (Å²) in [5.41, 5.74) is 2.45. The third-order valence-corrected chi connectivity index (χ3v) is 7.11. The van der Waals surface area contributed by atoms with Gasteiger partial charge in [-0.15, -0.1) is 11.8 Å². The zero-order valence-electron chi connectivity index (χ0n) is 17.5. The average molecular weight is 381 g/mol. The predicted octanol–water partition coefficient (Wildman–Crippen LogP) is 6.85. The number of benzene rings is 1. The van der Waals surface area contributed by atoms with Gasteiger partial charge in [0.25, 0.3) is 0 Å². The molecular weight excluding hydrogens is 344 g/mol. The third kappa shape index (κ3) is 8.68. The molecule has 1 nitrogen and oxygen atoms in total. The maximum atomic E-state index is 13.1. The van der Waals surface area contributed by atoms with Gasteiger partial charge in [0.15, 0.2) is 5.78 Å². The first-order chi connectivity index (χ1) is 11.2. The van der Waals surface area contributed by atoms with Crippen molar-refractivity contribution in [1.29, 1.82) is 0 Å². The zero-order valence-corrected chi connectivity index (χ0v) is 19.2. The molecular formula is C22H36OS2. The molecule has 0 N–H and O–H groups in total. The van der Waals surface area contributed by atoms with E-state index in [1.807, 2.05) is 35.7 Å². The lowest BCUT2D eigenvalue weighted by Gasteiger charge is -2.25. The highest BCUT2D eigenvalue weighted by Gasteiger charge is 2.26. The lowest BCUT2D eigenvalue weighted by Crippen LogP contribution is -2.25. The molecule has 0 bridgehead atoms. The number of Topliss-reactive ketones (excluding diaryl/α,β-unsaturated/α-hetero) is 1. The molecule has 1 atom stereocenters. The van der Waals surface area contributed by atoms with Gasteiger partial charge >= 0.3 is 0 Å². The van der Waals surface area contributed by atoms with Gasteiger partial charge in [-0.3, -0.25) is 4.79 Å². The van der Waals surface area contributed by atoms with Crippen LogP contribution in [0.2, 0.25) is 0 Å². The van der Waals surface area contributed by atoms with E-state index < -0.39 is 0 Å². The minimum atomic E-state index is 0.0175. The first-order valence-electron chi connectivity index (χ1n) is 9.09. The molecule has 1 aromatic rings. The fourth-order valence-electron chi connectivity index (χ4n) is 2.20. The summed E-state index contributed by atoms with van der Waals surface area (Å²) in [6.07, 6.45) is 0. The van der Waals surface area contributed by atoms with Crippen LogP contribution >= 0.6 is 23.5 Å². The van der Waals surface area contributed by atoms with Crippen molar-refractivity contribution in [2.75, 3.05) is 11.5 Å². The van der Waals surface area contributed by atoms with E-state index >= 15 is 0 Å². The highest BCUT2D eigenvalue weighted by molar-refractivity contribution is 8.04. The van der Waals surface area contributed by atoms with Gasteiger partial charge in [0, 0.05) is 16.1 Å². The van der Waals surface area contributed by atoms with Gasteiger partial charge in [-0.25, -0.2) is 0 Å². The van der Waals surface area contributed by atoms with Crippen molar-refractivity contribution in [3.05, 3.63) is 35.4 Å². The summed E-state index contributed by atoms with van der Waals surface area (Å²) in [7, 11) is 0. The molecule has 3 heteroatoms. The number of thioether (sulfide) groups is 2. The van der Waals surface area contributed by atoms with Gasteiger partial charge < -0.3 is 0 Å². The SMILES string of the molecule is CC(C)(C)CSC(CSC(C)(C)C)C(=O)c1ccc(C(C)(C)C)cc1. The van der Waals surface area contributed by atoms with Crippen LogP contribution in [-0.2, 0) is 5.41 Å². The number of ketones is 1. The monoisotopic (exact) mass is 380 g/mol. The second kappa shape index (κ2) is 8.52. The summed E-state index contributed by atoms with van der Waals surface area (Å²) >= 11 is 3.69. The van der Waals surface area contributed by atoms with Crippen molar-refractivity contribution in [2.45, 2.75) is 77.7 Å². The van der Waals surface area contributed by atoms with Crippen LogP contribution in [0.25, 0.3) is 0 Å². The topological polar surface area (TPSA) is 17.1 Å². The van der Waals surface area contributed by atoms with E-state index in [0.717, 1.165) is 17.1 Å². The summed E-state index contributed by atoms with van der Waals surface area (Å²) in [6.45, 7) is 19.9. The van der Waals surface area contributed by atoms with E-state index in [4.69, 9.17) is 0 Å². The van der Waals surface area contributed by atoms with Gasteiger partial charge in [-0.1, -0.05) is 86.6 Å². The molecule has 0 radical (unpaired) electrons. The van der Waals surface area contributed by atoms with E-state index in [-0.39, 0.29) is 26.6 Å². The molecule has 0 aliphatic carbocycles. The summed E-state index contributed by atoms with van der Waals surface area (Å²) < 4.78 is 0.177. The lowest BCUT2D eigenvalue weighted by atomic mass is 9.86. The van der Waals surface area contributed by atoms with Crippen LogP contribution in [-0.4, -0.2) is 27.3 Å². The van der Waals surface area contributed by atoms with Gasteiger partial charge in [-0.2, -0.15) is 11.8 Å². The van der Waals surface area contributed by atoms with Crippen LogP contribution in [0.15, 0.2) is 24.3 Å². The van der Waals surface area contributed by atoms with Crippen LogP contribution in [0.3, 0.4) is 0 Å². The molecule has 25 heavy (non-hydrogen) atoms. The molecule has 142 valence electrons. The molecule has 1 rings (SSSR count). The van der Waals surface area contributed by atoms with Crippen molar-refractivity contribution < 1.29 is 4.79 Å². The van der Waals surface area contributed by atoms with Gasteiger partial charge in [0.2, 0.25) is 0 Å². The summed E-state index contributed by atoms with van der Waals surface area (Å²) in [4.78, 5) is 13.1. The van der Waals surface area contributed by atoms with Crippen LogP contribution in [0, 0.1) is 5.41 Å². The summed E-state index contributed by atoms with van der Waals surface area (Å²) in [5.74, 6) is 2.13. The summed E-state index contributed by atoms with van der Waals surface area (Å²) in [6, 6.07) is 8.23. The Bertz CT molecular complexity index is 536. The fourth-order valence-corrected chi connectivity index (χ4v) is 4.58. The molecule has 1 unspecified atom stereocenters. The molecule has 0 saturated carbocycles. The predicted molar refractivity (Wildman–Crippen MR) is 117 cm³/mol. The summed E-state index contributed by atoms with van der Waals surface area (Å²) in [5, 5.41) is 0.0175. The molecule has 0 amide bonds. The average Bonchev–Trinajstić information content (AvgIpc) is 2.43. The first kappa shape index (κ1) is 22.6. The van der Waals surface area contributed by atoms with Crippen LogP contribution < -0.4 is 0 Å². The Hall–Kier alpha value is -0.410. The standard InChI is InChI=1S/C22H36OS2/c1-20(2,3)15-24-18(14-25-22(7,8)9)19(23)16-10-12-17(13-11-16)21(4,5)6/h10-13,18H,14-15H2,1-9H3. The minimum Gasteiger partial charge on any atom is -0.293 e. The van der Waals surface area contributed by atoms with Crippen molar-refractivity contribution in [1.82, 2.24) is 0 Å². The second-order valence-corrected chi connectivity index (χ2v) is 13.0. The smallest absolute Gasteiger partial charge is 0.176 e. The molecule has 1 aromatic carbocycles. The van der Waals surface area contributed by atoms with Crippen molar-refractivity contribution in [3.8, 4) is 0 Å². The van der Waals surface area contributed by atoms with Crippen molar-refractivity contribution in [2.24, 2.45) is 5.41 Å². The van der Waals surface area contributed by atoms with E-state index in [1.165, 1.54) is 5.56 Å². The molecule has 0 heterocycles. The minimum absolute atomic E-state index is 0.0175. The highest BCUT2D eigenvalue weighted by Crippen LogP contribution is 2.32. The number of carbonyl (C=O) groups is 1. The van der Waals surface area contributed by atoms with Gasteiger partial charge in [0.05, 0.1) is 5.25 Å². The third-order valence-electron chi connectivity index (χ3n) is 3.71. The molecule has 0 spiro atoms. The van der Waals surface area contributed by atoms with E-state index in [1.54, 1.807) is 0 Å². The normalized spacial score (nSPS) is 14.4. The van der Waals surface area contributed by atoms with Crippen LogP contribution in [0.1, 0.15) is 78.2 Å². The zero-order chi connectivity index (χ0) is 19.5. The van der Waals surface area contributed by atoms with Crippen LogP contribution in [0.4, 0.5) is 0 Å². The fraction of sp³-hybridized carbons (Fsp3) is 0.682. The Morgan fingerprint density at radius 3 is 1.84 bits per heavy atom. The Balaban J connectivity index is 2.93. The van der Waals surface area contributed by atoms with Crippen molar-refractivity contribution in [3.63, 3.8) is 0 Å². The Labute approximate surface area is 164 Å². The van der Waals surface area contributed by atoms with Gasteiger partial charge in [-0.05, 0) is 22.1 Å². The molecule has 0 saturated heterocycles. The van der Waals surface area contributed by atoms with Crippen LogP contribution in [0.5, 0.6) is 0 Å². The lowest BCUT2D eigenvalue weighted by molar-refractivity contribution is 0.0995. The maximum Gasteiger partial charge on any atom is 0.176 e. The number of hydrogen-bond donors (Lipinski definition) is 0. The quantitative estimate of drug-likeness (QED) is 0.502. The molecule has 0 fully saturated rings. The largest absolute Gasteiger partial charge is 0.293 e. The van der Waals surface area contributed by atoms with E-state index in [2.05, 4.69) is 74.4 Å². The Morgan fingerprint density at radius 2 is 1.44 bits per heavy atom. The molecule has 0 aliphatic rings. The first-order valence-corrected chi connectivity index (χ1v) is 11.1. The molecule has 0 aliphatic heterocycles. The second-order valence-electron chi connectivity index (χ2n) is 9.98. The molecule has 0 aromatic heterocycles. The number of hydrogen-bond acceptors (Lipinski definition) is 3. The van der Waals surface area contributed by atoms with E-state index in [0.29, 0.717) is 0 Å². The number of rotatable bonds is 6. The van der Waals surface area contributed by atoms with E-state index in [9.17, 15) is 4.79 Å². The maximum absolute atomic E-state index is 13.1. The van der Waals surface area contributed by atoms with Crippen molar-refractivity contribution >= 4 is 29.3 Å². The Morgan fingerprint density at radius 1 is 0.920 bits per heavy atom. The highest BCUT2D eigenvalue weighted by atomic mass is 32.2. The Kier molecular flexibility index (Phi) is 7.71. The number of carbonyl (C=O) groups excluding carboxylic acids is 1.